The first-order valence-corrected chi connectivity index (χ1v) is 5.29. The lowest BCUT2D eigenvalue weighted by Crippen LogP contribution is -2.31. The molecule has 1 aromatic rings. The summed E-state index contributed by atoms with van der Waals surface area (Å²) in [5, 5.41) is 16.0. The van der Waals surface area contributed by atoms with Crippen LogP contribution >= 0.6 is 0 Å². The van der Waals surface area contributed by atoms with Crippen LogP contribution in [0.5, 0.6) is 5.75 Å². The van der Waals surface area contributed by atoms with E-state index >= 15 is 0 Å². The minimum absolute atomic E-state index is 0.0355. The Morgan fingerprint density at radius 3 is 2.94 bits per heavy atom. The molecule has 0 bridgehead atoms. The smallest absolute Gasteiger partial charge is 0.143 e. The molecule has 1 aromatic carbocycles. The van der Waals surface area contributed by atoms with E-state index in [1.54, 1.807) is 13.2 Å². The molecule has 0 aliphatic carbocycles. The fraction of sp³-hybridized carbons (Fsp3) is 0.455. The van der Waals surface area contributed by atoms with Gasteiger partial charge in [-0.15, -0.1) is 0 Å². The lowest BCUT2D eigenvalue weighted by atomic mass is 10.2. The van der Waals surface area contributed by atoms with Gasteiger partial charge in [-0.1, -0.05) is 0 Å². The molecule has 1 aliphatic heterocycles. The number of aliphatic hydroxyl groups excluding tert-OH is 1. The van der Waals surface area contributed by atoms with Crippen molar-refractivity contribution in [2.24, 2.45) is 0 Å². The van der Waals surface area contributed by atoms with E-state index < -0.39 is 0 Å². The van der Waals surface area contributed by atoms with Crippen LogP contribution in [-0.2, 0) is 0 Å². The van der Waals surface area contributed by atoms with Crippen LogP contribution in [0.3, 0.4) is 0 Å². The second-order valence-corrected chi connectivity index (χ2v) is 3.93. The zero-order valence-electron chi connectivity index (χ0n) is 9.23. The summed E-state index contributed by atoms with van der Waals surface area (Å²) >= 11 is 0. The molecule has 88 valence electrons. The number of hydrogen-bond donors (Lipinski definition) is 4. The van der Waals surface area contributed by atoms with E-state index in [9.17, 15) is 5.11 Å². The van der Waals surface area contributed by atoms with Gasteiger partial charge in [0.15, 0.2) is 0 Å². The molecule has 16 heavy (non-hydrogen) atoms. The molecule has 1 saturated heterocycles. The molecule has 0 aromatic heterocycles. The topological polar surface area (TPSA) is 79.5 Å². The molecule has 1 fully saturated rings. The third-order valence-electron chi connectivity index (χ3n) is 2.77. The summed E-state index contributed by atoms with van der Waals surface area (Å²) in [4.78, 5) is 0. The highest BCUT2D eigenvalue weighted by Crippen LogP contribution is 2.25. The molecule has 5 N–H and O–H groups in total. The number of hydrogen-bond acceptors (Lipinski definition) is 5. The first-order chi connectivity index (χ1) is 7.70. The van der Waals surface area contributed by atoms with Gasteiger partial charge in [-0.05, 0) is 12.1 Å². The highest BCUT2D eigenvalue weighted by molar-refractivity contribution is 5.61. The van der Waals surface area contributed by atoms with Crippen LogP contribution in [-0.4, -0.2) is 37.5 Å². The van der Waals surface area contributed by atoms with Gasteiger partial charge in [0.2, 0.25) is 0 Å². The molecular weight excluding hydrogens is 206 g/mol. The average molecular weight is 223 g/mol. The van der Waals surface area contributed by atoms with Crippen molar-refractivity contribution in [3.05, 3.63) is 18.2 Å². The van der Waals surface area contributed by atoms with Crippen molar-refractivity contribution in [3.8, 4) is 5.75 Å². The Morgan fingerprint density at radius 2 is 2.31 bits per heavy atom. The van der Waals surface area contributed by atoms with Crippen molar-refractivity contribution in [1.82, 2.24) is 5.32 Å². The van der Waals surface area contributed by atoms with Gasteiger partial charge in [-0.25, -0.2) is 0 Å². The molecule has 1 heterocycles. The summed E-state index contributed by atoms with van der Waals surface area (Å²) in [6.07, 6.45) is -0.358. The maximum Gasteiger partial charge on any atom is 0.143 e. The van der Waals surface area contributed by atoms with E-state index in [1.165, 1.54) is 0 Å². The number of rotatable bonds is 3. The second-order valence-electron chi connectivity index (χ2n) is 3.93. The Hall–Kier alpha value is -1.46. The minimum Gasteiger partial charge on any atom is -0.495 e. The number of nitrogens with one attached hydrogen (secondary N) is 2. The van der Waals surface area contributed by atoms with Crippen molar-refractivity contribution in [2.45, 2.75) is 12.1 Å². The number of anilines is 2. The van der Waals surface area contributed by atoms with Crippen LogP contribution in [0.4, 0.5) is 11.4 Å². The van der Waals surface area contributed by atoms with Crippen molar-refractivity contribution in [1.29, 1.82) is 0 Å². The monoisotopic (exact) mass is 223 g/mol. The second kappa shape index (κ2) is 4.59. The highest BCUT2D eigenvalue weighted by Gasteiger charge is 2.24. The molecule has 0 spiro atoms. The van der Waals surface area contributed by atoms with Crippen LogP contribution in [0.15, 0.2) is 18.2 Å². The fourth-order valence-corrected chi connectivity index (χ4v) is 1.83. The number of β-amino-alcohol motifs (C(OH)–C–C–N with tert-alkyl or cyclic N) is 1. The lowest BCUT2D eigenvalue weighted by Gasteiger charge is -2.17. The van der Waals surface area contributed by atoms with Crippen molar-refractivity contribution in [3.63, 3.8) is 0 Å². The van der Waals surface area contributed by atoms with E-state index in [4.69, 9.17) is 10.5 Å². The molecule has 0 saturated carbocycles. The van der Waals surface area contributed by atoms with Gasteiger partial charge in [0.1, 0.15) is 5.75 Å². The third-order valence-corrected chi connectivity index (χ3v) is 2.77. The van der Waals surface area contributed by atoms with Crippen LogP contribution < -0.4 is 21.1 Å². The molecule has 2 atom stereocenters. The van der Waals surface area contributed by atoms with Gasteiger partial charge in [-0.2, -0.15) is 0 Å². The zero-order chi connectivity index (χ0) is 11.5. The Labute approximate surface area is 94.6 Å². The minimum atomic E-state index is -0.358. The van der Waals surface area contributed by atoms with Crippen LogP contribution in [0.2, 0.25) is 0 Å². The Kier molecular flexibility index (Phi) is 3.17. The quantitative estimate of drug-likeness (QED) is 0.543. The number of nitrogens with two attached hydrogens (primary N) is 1. The van der Waals surface area contributed by atoms with Crippen molar-refractivity contribution in [2.75, 3.05) is 31.2 Å². The van der Waals surface area contributed by atoms with E-state index in [0.717, 1.165) is 12.2 Å². The predicted molar refractivity (Wildman–Crippen MR) is 63.7 cm³/mol. The van der Waals surface area contributed by atoms with Gasteiger partial charge in [0.25, 0.3) is 0 Å². The van der Waals surface area contributed by atoms with Gasteiger partial charge in [0.05, 0.1) is 24.9 Å². The normalized spacial score (nSPS) is 24.4. The number of methoxy groups -OCH3 is 1. The Bertz CT molecular complexity index is 370. The number of benzene rings is 1. The van der Waals surface area contributed by atoms with Crippen molar-refractivity contribution < 1.29 is 9.84 Å². The van der Waals surface area contributed by atoms with Gasteiger partial charge >= 0.3 is 0 Å². The first-order valence-electron chi connectivity index (χ1n) is 5.29. The number of aliphatic hydroxyl groups is 1. The van der Waals surface area contributed by atoms with Gasteiger partial charge in [-0.3, -0.25) is 0 Å². The first kappa shape index (κ1) is 11.0. The Balaban J connectivity index is 2.09. The average Bonchev–Trinajstić information content (AvgIpc) is 2.67. The number of nitrogen functional groups attached to an aromatic ring is 1. The summed E-state index contributed by atoms with van der Waals surface area (Å²) in [5.74, 6) is 0.644. The van der Waals surface area contributed by atoms with E-state index in [0.29, 0.717) is 18.0 Å². The number of ether oxygens (including phenoxy) is 1. The van der Waals surface area contributed by atoms with E-state index in [1.807, 2.05) is 12.1 Å². The van der Waals surface area contributed by atoms with E-state index in [2.05, 4.69) is 10.6 Å². The van der Waals surface area contributed by atoms with Crippen LogP contribution in [0.1, 0.15) is 0 Å². The summed E-state index contributed by atoms with van der Waals surface area (Å²) in [5.41, 5.74) is 7.23. The highest BCUT2D eigenvalue weighted by atomic mass is 16.5. The fourth-order valence-electron chi connectivity index (χ4n) is 1.83. The van der Waals surface area contributed by atoms with Crippen LogP contribution in [0, 0.1) is 0 Å². The Morgan fingerprint density at radius 1 is 1.50 bits per heavy atom. The summed E-state index contributed by atoms with van der Waals surface area (Å²) in [6, 6.07) is 5.53. The molecule has 1 aliphatic rings. The largest absolute Gasteiger partial charge is 0.495 e. The summed E-state index contributed by atoms with van der Waals surface area (Å²) < 4.78 is 5.13. The molecule has 2 rings (SSSR count). The third kappa shape index (κ3) is 2.20. The van der Waals surface area contributed by atoms with Crippen LogP contribution in [0.25, 0.3) is 0 Å². The standard InChI is InChI=1S/C11H17N3O2/c1-16-11-4-7(2-3-8(11)12)14-9-5-13-6-10(9)15/h2-4,9-10,13-15H,5-6,12H2,1H3. The summed E-state index contributed by atoms with van der Waals surface area (Å²) in [6.45, 7) is 1.39. The molecule has 2 unspecified atom stereocenters. The SMILES string of the molecule is COc1cc(NC2CNCC2O)ccc1N. The lowest BCUT2D eigenvalue weighted by molar-refractivity contribution is 0.185. The maximum atomic E-state index is 9.65. The molecule has 0 radical (unpaired) electrons. The van der Waals surface area contributed by atoms with Crippen molar-refractivity contribution >= 4 is 11.4 Å². The predicted octanol–water partition coefficient (Wildman–Crippen LogP) is 0.0220. The zero-order valence-corrected chi connectivity index (χ0v) is 9.23. The molecular formula is C11H17N3O2. The maximum absolute atomic E-state index is 9.65. The molecule has 5 nitrogen and oxygen atoms in total. The van der Waals surface area contributed by atoms with Gasteiger partial charge < -0.3 is 26.2 Å². The molecule has 5 heteroatoms. The van der Waals surface area contributed by atoms with E-state index in [-0.39, 0.29) is 12.1 Å². The molecule has 0 amide bonds. The van der Waals surface area contributed by atoms with Gasteiger partial charge in [0, 0.05) is 24.8 Å². The summed E-state index contributed by atoms with van der Waals surface area (Å²) in [7, 11) is 1.58.